The Morgan fingerprint density at radius 2 is 1.81 bits per heavy atom. The summed E-state index contributed by atoms with van der Waals surface area (Å²) in [5.41, 5.74) is 1.86. The highest BCUT2D eigenvalue weighted by atomic mass is 16.5. The molecule has 1 aromatic heterocycles. The van der Waals surface area contributed by atoms with Gasteiger partial charge in [-0.2, -0.15) is 0 Å². The number of aryl methyl sites for hydroxylation is 1. The molecular formula is C23H22N2O6. The number of carbonyl (C=O) groups is 3. The van der Waals surface area contributed by atoms with Crippen LogP contribution in [0.5, 0.6) is 5.75 Å². The highest BCUT2D eigenvalue weighted by molar-refractivity contribution is 5.98. The maximum atomic E-state index is 13.0. The van der Waals surface area contributed by atoms with Gasteiger partial charge in [-0.05, 0) is 36.8 Å². The molecular weight excluding hydrogens is 400 g/mol. The number of rotatable bonds is 8. The lowest BCUT2D eigenvalue weighted by Crippen LogP contribution is -2.33. The van der Waals surface area contributed by atoms with Gasteiger partial charge in [-0.15, -0.1) is 0 Å². The van der Waals surface area contributed by atoms with Gasteiger partial charge in [-0.1, -0.05) is 36.4 Å². The highest BCUT2D eigenvalue weighted by Gasteiger charge is 2.26. The van der Waals surface area contributed by atoms with Crippen LogP contribution in [0.2, 0.25) is 0 Å². The third kappa shape index (κ3) is 5.72. The van der Waals surface area contributed by atoms with Crippen LogP contribution in [0.3, 0.4) is 0 Å². The average Bonchev–Trinajstić information content (AvgIpc) is 3.31. The van der Waals surface area contributed by atoms with Crippen molar-refractivity contribution in [3.05, 3.63) is 83.8 Å². The summed E-state index contributed by atoms with van der Waals surface area (Å²) in [5, 5.41) is 5.15. The second kappa shape index (κ2) is 10.1. The number of furan rings is 1. The Labute approximate surface area is 179 Å². The van der Waals surface area contributed by atoms with Crippen LogP contribution in [0.25, 0.3) is 0 Å². The minimum atomic E-state index is -1.22. The van der Waals surface area contributed by atoms with Gasteiger partial charge in [-0.25, -0.2) is 0 Å². The van der Waals surface area contributed by atoms with Crippen molar-refractivity contribution in [1.29, 1.82) is 0 Å². The molecule has 0 fully saturated rings. The topological polar surface area (TPSA) is 107 Å². The van der Waals surface area contributed by atoms with E-state index in [9.17, 15) is 14.4 Å². The number of nitrogens with one attached hydrogen (secondary N) is 2. The molecule has 3 rings (SSSR count). The van der Waals surface area contributed by atoms with E-state index in [4.69, 9.17) is 13.9 Å². The first-order valence-electron chi connectivity index (χ1n) is 9.49. The molecule has 0 radical (unpaired) electrons. The molecule has 0 aliphatic heterocycles. The van der Waals surface area contributed by atoms with Crippen molar-refractivity contribution in [3.63, 3.8) is 0 Å². The molecule has 0 saturated carbocycles. The van der Waals surface area contributed by atoms with Crippen LogP contribution in [0.15, 0.2) is 71.3 Å². The number of hydrogen-bond donors (Lipinski definition) is 2. The van der Waals surface area contributed by atoms with E-state index >= 15 is 0 Å². The number of esters is 1. The average molecular weight is 422 g/mol. The second-order valence-electron chi connectivity index (χ2n) is 6.63. The Morgan fingerprint density at radius 1 is 1.03 bits per heavy atom. The van der Waals surface area contributed by atoms with Crippen molar-refractivity contribution in [2.75, 3.05) is 19.0 Å². The Morgan fingerprint density at radius 3 is 2.48 bits per heavy atom. The summed E-state index contributed by atoms with van der Waals surface area (Å²) in [6.07, 6.45) is 0.127. The second-order valence-corrected chi connectivity index (χ2v) is 6.63. The zero-order valence-electron chi connectivity index (χ0n) is 17.1. The fourth-order valence-corrected chi connectivity index (χ4v) is 2.84. The summed E-state index contributed by atoms with van der Waals surface area (Å²) in [6, 6.07) is 17.0. The van der Waals surface area contributed by atoms with Crippen LogP contribution >= 0.6 is 0 Å². The third-order valence-corrected chi connectivity index (χ3v) is 4.34. The summed E-state index contributed by atoms with van der Waals surface area (Å²) in [7, 11) is 1.50. The molecule has 0 bridgehead atoms. The highest BCUT2D eigenvalue weighted by Crippen LogP contribution is 2.27. The zero-order valence-corrected chi connectivity index (χ0v) is 17.1. The Balaban J connectivity index is 1.72. The lowest BCUT2D eigenvalue weighted by molar-refractivity contribution is -0.153. The molecule has 2 amide bonds. The van der Waals surface area contributed by atoms with Crippen LogP contribution in [-0.2, 0) is 14.3 Å². The van der Waals surface area contributed by atoms with E-state index in [0.29, 0.717) is 17.0 Å². The number of hydrogen-bond acceptors (Lipinski definition) is 6. The first-order chi connectivity index (χ1) is 15.0. The van der Waals surface area contributed by atoms with Crippen molar-refractivity contribution in [3.8, 4) is 5.75 Å². The fourth-order valence-electron chi connectivity index (χ4n) is 2.84. The van der Waals surface area contributed by atoms with Crippen LogP contribution in [0.1, 0.15) is 27.8 Å². The molecule has 160 valence electrons. The minimum absolute atomic E-state index is 0.0664. The summed E-state index contributed by atoms with van der Waals surface area (Å²) in [4.78, 5) is 37.3. The molecule has 0 saturated heterocycles. The van der Waals surface area contributed by atoms with Gasteiger partial charge in [0.1, 0.15) is 12.3 Å². The summed E-state index contributed by atoms with van der Waals surface area (Å²) in [6.45, 7) is 1.45. The summed E-state index contributed by atoms with van der Waals surface area (Å²) < 4.78 is 15.7. The molecule has 0 aliphatic rings. The standard InChI is InChI=1S/C23H22N2O6/c1-15-10-11-18(29-2)17(13-15)25-23(28)21(16-7-4-3-5-8-16)31-20(26)14-24-22(27)19-9-6-12-30-19/h3-13,21H,14H2,1-2H3,(H,24,27)(H,25,28). The van der Waals surface area contributed by atoms with Gasteiger partial charge in [0.05, 0.1) is 19.1 Å². The van der Waals surface area contributed by atoms with E-state index in [1.807, 2.05) is 13.0 Å². The monoisotopic (exact) mass is 422 g/mol. The van der Waals surface area contributed by atoms with Crippen molar-refractivity contribution < 1.29 is 28.3 Å². The van der Waals surface area contributed by atoms with E-state index in [0.717, 1.165) is 5.56 Å². The molecule has 8 heteroatoms. The van der Waals surface area contributed by atoms with E-state index in [2.05, 4.69) is 10.6 Å². The van der Waals surface area contributed by atoms with Crippen molar-refractivity contribution >= 4 is 23.5 Å². The largest absolute Gasteiger partial charge is 0.495 e. The van der Waals surface area contributed by atoms with Gasteiger partial charge in [0.2, 0.25) is 6.10 Å². The van der Waals surface area contributed by atoms with Crippen LogP contribution < -0.4 is 15.4 Å². The molecule has 8 nitrogen and oxygen atoms in total. The zero-order chi connectivity index (χ0) is 22.2. The number of anilines is 1. The van der Waals surface area contributed by atoms with Gasteiger partial charge in [-0.3, -0.25) is 14.4 Å². The van der Waals surface area contributed by atoms with Crippen LogP contribution in [0.4, 0.5) is 5.69 Å². The first-order valence-corrected chi connectivity index (χ1v) is 9.49. The lowest BCUT2D eigenvalue weighted by atomic mass is 10.1. The predicted octanol–water partition coefficient (Wildman–Crippen LogP) is 3.25. The quantitative estimate of drug-likeness (QED) is 0.540. The molecule has 0 aliphatic carbocycles. The first kappa shape index (κ1) is 21.6. The number of amides is 2. The van der Waals surface area contributed by atoms with Crippen molar-refractivity contribution in [1.82, 2.24) is 5.32 Å². The Bertz CT molecular complexity index is 1050. The minimum Gasteiger partial charge on any atom is -0.495 e. The normalized spacial score (nSPS) is 11.3. The maximum Gasteiger partial charge on any atom is 0.326 e. The number of methoxy groups -OCH3 is 1. The summed E-state index contributed by atoms with van der Waals surface area (Å²) >= 11 is 0. The van der Waals surface area contributed by atoms with Crippen LogP contribution in [0, 0.1) is 6.92 Å². The molecule has 2 N–H and O–H groups in total. The fraction of sp³-hybridized carbons (Fsp3) is 0.174. The van der Waals surface area contributed by atoms with Crippen molar-refractivity contribution in [2.45, 2.75) is 13.0 Å². The Hall–Kier alpha value is -4.07. The van der Waals surface area contributed by atoms with E-state index in [1.165, 1.54) is 19.4 Å². The van der Waals surface area contributed by atoms with Crippen LogP contribution in [-0.4, -0.2) is 31.4 Å². The maximum absolute atomic E-state index is 13.0. The number of ether oxygens (including phenoxy) is 2. The van der Waals surface area contributed by atoms with Gasteiger partial charge in [0.15, 0.2) is 5.76 Å². The van der Waals surface area contributed by atoms with E-state index in [1.54, 1.807) is 48.5 Å². The molecule has 1 atom stereocenters. The molecule has 1 heterocycles. The molecule has 31 heavy (non-hydrogen) atoms. The van der Waals surface area contributed by atoms with Gasteiger partial charge in [0, 0.05) is 5.56 Å². The molecule has 2 aromatic carbocycles. The molecule has 0 spiro atoms. The lowest BCUT2D eigenvalue weighted by Gasteiger charge is -2.19. The third-order valence-electron chi connectivity index (χ3n) is 4.34. The Kier molecular flexibility index (Phi) is 7.05. The van der Waals surface area contributed by atoms with Gasteiger partial charge >= 0.3 is 5.97 Å². The smallest absolute Gasteiger partial charge is 0.326 e. The van der Waals surface area contributed by atoms with Gasteiger partial charge < -0.3 is 24.5 Å². The SMILES string of the molecule is COc1ccc(C)cc1NC(=O)C(OC(=O)CNC(=O)c1ccco1)c1ccccc1. The van der Waals surface area contributed by atoms with E-state index in [-0.39, 0.29) is 5.76 Å². The summed E-state index contributed by atoms with van der Waals surface area (Å²) in [5.74, 6) is -1.35. The number of benzene rings is 2. The van der Waals surface area contributed by atoms with Gasteiger partial charge in [0.25, 0.3) is 11.8 Å². The number of carbonyl (C=O) groups excluding carboxylic acids is 3. The predicted molar refractivity (Wildman–Crippen MR) is 113 cm³/mol. The molecule has 3 aromatic rings. The van der Waals surface area contributed by atoms with Crippen molar-refractivity contribution in [2.24, 2.45) is 0 Å². The molecule has 1 unspecified atom stereocenters. The van der Waals surface area contributed by atoms with E-state index < -0.39 is 30.4 Å².